The number of hydrogen-bond donors (Lipinski definition) is 2. The smallest absolute Gasteiger partial charge is 0.412 e. The molecule has 2 unspecified atom stereocenters. The van der Waals surface area contributed by atoms with Gasteiger partial charge in [0.1, 0.15) is 23.2 Å². The van der Waals surface area contributed by atoms with Crippen LogP contribution < -0.4 is 15.4 Å². The highest BCUT2D eigenvalue weighted by Gasteiger charge is 2.36. The second-order valence-corrected chi connectivity index (χ2v) is 9.27. The second kappa shape index (κ2) is 11.0. The van der Waals surface area contributed by atoms with Gasteiger partial charge >= 0.3 is 18.2 Å². The van der Waals surface area contributed by atoms with Crippen LogP contribution in [0.15, 0.2) is 30.3 Å². The fraction of sp³-hybridized carbons (Fsp3) is 0.524. The Labute approximate surface area is 185 Å². The molecule has 170 valence electrons. The first-order valence-electron chi connectivity index (χ1n) is 9.81. The number of ether oxygens (including phenoxy) is 3. The van der Waals surface area contributed by atoms with Gasteiger partial charge in [0.15, 0.2) is 0 Å². The average Bonchev–Trinajstić information content (AvgIpc) is 3.02. The lowest BCUT2D eigenvalue weighted by Gasteiger charge is -2.24. The summed E-state index contributed by atoms with van der Waals surface area (Å²) < 4.78 is 15.2. The summed E-state index contributed by atoms with van der Waals surface area (Å²) >= 11 is 1.29. The number of para-hydroxylation sites is 1. The minimum absolute atomic E-state index is 0.00256. The zero-order chi connectivity index (χ0) is 23.0. The molecule has 1 aromatic rings. The minimum Gasteiger partial charge on any atom is -0.467 e. The number of rotatable bonds is 7. The fourth-order valence-electron chi connectivity index (χ4n) is 2.90. The van der Waals surface area contributed by atoms with Crippen molar-refractivity contribution in [2.75, 3.05) is 12.9 Å². The molecule has 2 amide bonds. The van der Waals surface area contributed by atoms with Gasteiger partial charge < -0.3 is 24.8 Å². The summed E-state index contributed by atoms with van der Waals surface area (Å²) in [5, 5.41) is 4.94. The van der Waals surface area contributed by atoms with Crippen molar-refractivity contribution < 1.29 is 33.4 Å². The number of Topliss-reactive ketones (excluding diaryl/α,β-unsaturated/α-hetero) is 1. The molecule has 0 heterocycles. The van der Waals surface area contributed by atoms with E-state index in [1.54, 1.807) is 51.1 Å². The number of carbonyl (C=O) groups excluding carboxylic acids is 4. The second-order valence-electron chi connectivity index (χ2n) is 7.99. The van der Waals surface area contributed by atoms with Crippen LogP contribution in [0.2, 0.25) is 0 Å². The molecule has 1 saturated carbocycles. The fourth-order valence-corrected chi connectivity index (χ4v) is 4.26. The van der Waals surface area contributed by atoms with Gasteiger partial charge in [-0.1, -0.05) is 18.2 Å². The number of esters is 1. The van der Waals surface area contributed by atoms with Gasteiger partial charge in [-0.25, -0.2) is 14.4 Å². The highest BCUT2D eigenvalue weighted by atomic mass is 32.2. The van der Waals surface area contributed by atoms with Crippen molar-refractivity contribution in [1.29, 1.82) is 0 Å². The number of alkyl carbamates (subject to hydrolysis) is 1. The molecular weight excluding hydrogens is 424 g/mol. The average molecular weight is 453 g/mol. The summed E-state index contributed by atoms with van der Waals surface area (Å²) in [7, 11) is 1.22. The molecule has 1 fully saturated rings. The highest BCUT2D eigenvalue weighted by molar-refractivity contribution is 8.00. The minimum atomic E-state index is -0.961. The molecule has 1 aliphatic rings. The molecule has 0 spiro atoms. The third kappa shape index (κ3) is 8.49. The summed E-state index contributed by atoms with van der Waals surface area (Å²) in [6, 6.07) is 7.17. The molecule has 0 bridgehead atoms. The third-order valence-electron chi connectivity index (χ3n) is 4.24. The normalized spacial score (nSPS) is 19.3. The Morgan fingerprint density at radius 3 is 2.42 bits per heavy atom. The van der Waals surface area contributed by atoms with Crippen LogP contribution in [0.1, 0.15) is 33.6 Å². The molecule has 1 aliphatic carbocycles. The van der Waals surface area contributed by atoms with E-state index in [1.165, 1.54) is 18.9 Å². The molecule has 2 rings (SSSR count). The van der Waals surface area contributed by atoms with E-state index in [0.717, 1.165) is 0 Å². The summed E-state index contributed by atoms with van der Waals surface area (Å²) in [6.07, 6.45) is -0.995. The van der Waals surface area contributed by atoms with Crippen LogP contribution in [0, 0.1) is 0 Å². The van der Waals surface area contributed by atoms with Gasteiger partial charge in [-0.2, -0.15) is 11.8 Å². The Hall–Kier alpha value is -2.75. The number of nitrogens with one attached hydrogen (secondary N) is 2. The van der Waals surface area contributed by atoms with E-state index >= 15 is 0 Å². The molecular formula is C21H28N2O7S. The van der Waals surface area contributed by atoms with Crippen molar-refractivity contribution in [2.24, 2.45) is 0 Å². The lowest BCUT2D eigenvalue weighted by atomic mass is 10.2. The number of amides is 2. The molecule has 1 aromatic carbocycles. The summed E-state index contributed by atoms with van der Waals surface area (Å²) in [5.74, 6) is -0.0933. The quantitative estimate of drug-likeness (QED) is 0.606. The number of thioether (sulfide) groups is 1. The number of benzene rings is 1. The van der Waals surface area contributed by atoms with Crippen LogP contribution in [0.5, 0.6) is 5.75 Å². The summed E-state index contributed by atoms with van der Waals surface area (Å²) in [5.41, 5.74) is -0.718. The Kier molecular flexibility index (Phi) is 8.73. The van der Waals surface area contributed by atoms with E-state index in [-0.39, 0.29) is 29.6 Å². The van der Waals surface area contributed by atoms with Crippen molar-refractivity contribution in [3.8, 4) is 5.75 Å². The largest absolute Gasteiger partial charge is 0.467 e. The monoisotopic (exact) mass is 452 g/mol. The predicted octanol–water partition coefficient (Wildman–Crippen LogP) is 2.67. The zero-order valence-electron chi connectivity index (χ0n) is 18.0. The first-order valence-corrected chi connectivity index (χ1v) is 10.9. The first kappa shape index (κ1) is 24.5. The molecule has 9 nitrogen and oxygen atoms in total. The predicted molar refractivity (Wildman–Crippen MR) is 115 cm³/mol. The molecule has 0 saturated heterocycles. The van der Waals surface area contributed by atoms with E-state index in [9.17, 15) is 19.2 Å². The molecule has 2 N–H and O–H groups in total. The van der Waals surface area contributed by atoms with Crippen LogP contribution in [-0.4, -0.2) is 59.7 Å². The van der Waals surface area contributed by atoms with Crippen LogP contribution in [0.25, 0.3) is 0 Å². The van der Waals surface area contributed by atoms with Crippen LogP contribution in [0.4, 0.5) is 9.59 Å². The summed E-state index contributed by atoms with van der Waals surface area (Å²) in [4.78, 5) is 48.3. The van der Waals surface area contributed by atoms with E-state index < -0.39 is 35.8 Å². The standard InChI is InChI=1S/C21H28N2O7S/c1-21(2,3)30-20(27)23-16(18(25)28-4)12-31-17-11-13(24)10-15(17)22-19(26)29-14-8-6-5-7-9-14/h5-9,15-17H,10-12H2,1-4H3,(H,22,26)(H,23,27)/t15?,16-,17?/m0/s1. The lowest BCUT2D eigenvalue weighted by Crippen LogP contribution is -2.46. The van der Waals surface area contributed by atoms with Gasteiger partial charge in [0.2, 0.25) is 0 Å². The zero-order valence-corrected chi connectivity index (χ0v) is 18.8. The first-order chi connectivity index (χ1) is 14.6. The Bertz CT molecular complexity index is 795. The van der Waals surface area contributed by atoms with Gasteiger partial charge in [0.05, 0.1) is 13.2 Å². The van der Waals surface area contributed by atoms with Gasteiger partial charge in [-0.05, 0) is 32.9 Å². The van der Waals surface area contributed by atoms with Gasteiger partial charge in [0.25, 0.3) is 0 Å². The highest BCUT2D eigenvalue weighted by Crippen LogP contribution is 2.29. The van der Waals surface area contributed by atoms with Crippen molar-refractivity contribution in [2.45, 2.75) is 56.5 Å². The Morgan fingerprint density at radius 1 is 1.13 bits per heavy atom. The topological polar surface area (TPSA) is 120 Å². The SMILES string of the molecule is COC(=O)[C@H](CSC1CC(=O)CC1NC(=O)Oc1ccccc1)NC(=O)OC(C)(C)C. The molecule has 31 heavy (non-hydrogen) atoms. The van der Waals surface area contributed by atoms with Gasteiger partial charge in [0, 0.05) is 23.8 Å². The Morgan fingerprint density at radius 2 is 1.81 bits per heavy atom. The van der Waals surface area contributed by atoms with Crippen molar-refractivity contribution in [3.05, 3.63) is 30.3 Å². The molecule has 0 radical (unpaired) electrons. The molecule has 3 atom stereocenters. The number of carbonyl (C=O) groups is 4. The maximum Gasteiger partial charge on any atom is 0.412 e. The van der Waals surface area contributed by atoms with Crippen LogP contribution >= 0.6 is 11.8 Å². The lowest BCUT2D eigenvalue weighted by molar-refractivity contribution is -0.142. The van der Waals surface area contributed by atoms with E-state index in [2.05, 4.69) is 10.6 Å². The van der Waals surface area contributed by atoms with E-state index in [0.29, 0.717) is 5.75 Å². The Balaban J connectivity index is 1.94. The maximum absolute atomic E-state index is 12.2. The van der Waals surface area contributed by atoms with Gasteiger partial charge in [-0.15, -0.1) is 0 Å². The number of ketones is 1. The van der Waals surface area contributed by atoms with Crippen molar-refractivity contribution >= 4 is 35.7 Å². The maximum atomic E-state index is 12.2. The van der Waals surface area contributed by atoms with E-state index in [4.69, 9.17) is 14.2 Å². The van der Waals surface area contributed by atoms with Crippen LogP contribution in [-0.2, 0) is 19.1 Å². The van der Waals surface area contributed by atoms with Crippen LogP contribution in [0.3, 0.4) is 0 Å². The third-order valence-corrected chi connectivity index (χ3v) is 5.68. The van der Waals surface area contributed by atoms with Crippen molar-refractivity contribution in [1.82, 2.24) is 10.6 Å². The van der Waals surface area contributed by atoms with Gasteiger partial charge in [-0.3, -0.25) is 4.79 Å². The number of hydrogen-bond acceptors (Lipinski definition) is 8. The van der Waals surface area contributed by atoms with E-state index in [1.807, 2.05) is 0 Å². The molecule has 10 heteroatoms. The van der Waals surface area contributed by atoms with Crippen molar-refractivity contribution in [3.63, 3.8) is 0 Å². The molecule has 0 aromatic heterocycles. The molecule has 0 aliphatic heterocycles. The number of methoxy groups -OCH3 is 1. The summed E-state index contributed by atoms with van der Waals surface area (Å²) in [6.45, 7) is 5.14.